The Hall–Kier alpha value is -3.74. The summed E-state index contributed by atoms with van der Waals surface area (Å²) in [7, 11) is -1.18. The number of rotatable bonds is 12. The van der Waals surface area contributed by atoms with Crippen LogP contribution in [0, 0.1) is 13.8 Å². The summed E-state index contributed by atoms with van der Waals surface area (Å²) in [6.45, 7) is 8.88. The van der Waals surface area contributed by atoms with E-state index in [1.807, 2.05) is 0 Å². The zero-order chi connectivity index (χ0) is 30.4. The number of carbonyl (C=O) groups is 2. The predicted molar refractivity (Wildman–Crippen MR) is 153 cm³/mol. The van der Waals surface area contributed by atoms with E-state index in [1.54, 1.807) is 78.1 Å². The maximum atomic E-state index is 14.3. The van der Waals surface area contributed by atoms with E-state index in [9.17, 15) is 18.0 Å². The van der Waals surface area contributed by atoms with Crippen molar-refractivity contribution in [2.75, 3.05) is 38.4 Å². The molecular weight excluding hydrogens is 550 g/mol. The second-order valence-electron chi connectivity index (χ2n) is 10.4. The smallest absolute Gasteiger partial charge is 0.410 e. The van der Waals surface area contributed by atoms with Gasteiger partial charge in [0.15, 0.2) is 0 Å². The van der Waals surface area contributed by atoms with Crippen LogP contribution in [0.25, 0.3) is 11.1 Å². The Labute approximate surface area is 241 Å². The second kappa shape index (κ2) is 13.3. The number of aromatic nitrogens is 1. The Morgan fingerprint density at radius 3 is 2.39 bits per heavy atom. The first kappa shape index (κ1) is 31.8. The number of benzene rings is 2. The molecule has 0 saturated carbocycles. The fourth-order valence-electron chi connectivity index (χ4n) is 3.94. The summed E-state index contributed by atoms with van der Waals surface area (Å²) in [5, 5.41) is 3.93. The van der Waals surface area contributed by atoms with E-state index < -0.39 is 21.7 Å². The molecule has 3 aromatic rings. The summed E-state index contributed by atoms with van der Waals surface area (Å²) in [6.07, 6.45) is 0.133. The molecule has 0 unspecified atom stereocenters. The predicted octanol–water partition coefficient (Wildman–Crippen LogP) is 4.95. The largest absolute Gasteiger partial charge is 0.444 e. The number of sulfonamides is 1. The molecule has 2 aromatic carbocycles. The van der Waals surface area contributed by atoms with Gasteiger partial charge in [0.1, 0.15) is 18.6 Å². The van der Waals surface area contributed by atoms with Crippen molar-refractivity contribution in [2.24, 2.45) is 0 Å². The fourth-order valence-corrected chi connectivity index (χ4v) is 5.48. The molecule has 0 saturated heterocycles. The molecule has 0 bridgehead atoms. The first-order chi connectivity index (χ1) is 19.3. The average Bonchev–Trinajstić information content (AvgIpc) is 3.24. The van der Waals surface area contributed by atoms with Crippen LogP contribution in [0.15, 0.2) is 51.9 Å². The number of ether oxygens (including phenoxy) is 3. The number of carbonyl (C=O) groups excluding carboxylic acids is 2. The highest BCUT2D eigenvalue weighted by molar-refractivity contribution is 7.93. The molecule has 0 N–H and O–H groups in total. The number of hydrogen-bond acceptors (Lipinski definition) is 9. The molecule has 0 fully saturated rings. The third-order valence-corrected chi connectivity index (χ3v) is 7.89. The van der Waals surface area contributed by atoms with Crippen LogP contribution in [0.2, 0.25) is 0 Å². The molecule has 12 heteroatoms. The summed E-state index contributed by atoms with van der Waals surface area (Å²) in [4.78, 5) is 25.7. The molecule has 11 nitrogen and oxygen atoms in total. The van der Waals surface area contributed by atoms with Gasteiger partial charge in [-0.2, -0.15) is 0 Å². The third kappa shape index (κ3) is 7.72. The lowest BCUT2D eigenvalue weighted by Crippen LogP contribution is -2.34. The van der Waals surface area contributed by atoms with Crippen LogP contribution in [0.4, 0.5) is 10.7 Å². The number of hydrogen-bond donors (Lipinski definition) is 0. The van der Waals surface area contributed by atoms with Crippen molar-refractivity contribution in [3.63, 3.8) is 0 Å². The van der Waals surface area contributed by atoms with Crippen molar-refractivity contribution < 1.29 is 36.7 Å². The lowest BCUT2D eigenvalue weighted by Gasteiger charge is -2.26. The Morgan fingerprint density at radius 1 is 1.07 bits per heavy atom. The van der Waals surface area contributed by atoms with E-state index in [-0.39, 0.29) is 37.3 Å². The lowest BCUT2D eigenvalue weighted by atomic mass is 9.97. The molecule has 0 aliphatic rings. The summed E-state index contributed by atoms with van der Waals surface area (Å²) >= 11 is 0. The van der Waals surface area contributed by atoms with Gasteiger partial charge in [0.05, 0.1) is 23.8 Å². The molecule has 0 atom stereocenters. The molecule has 1 amide bonds. The normalized spacial score (nSPS) is 11.8. The minimum Gasteiger partial charge on any atom is -0.444 e. The van der Waals surface area contributed by atoms with Crippen molar-refractivity contribution >= 4 is 28.3 Å². The van der Waals surface area contributed by atoms with Crippen molar-refractivity contribution in [1.82, 2.24) is 10.1 Å². The highest BCUT2D eigenvalue weighted by atomic mass is 32.2. The van der Waals surface area contributed by atoms with Gasteiger partial charge in [-0.05, 0) is 57.9 Å². The highest BCUT2D eigenvalue weighted by Crippen LogP contribution is 2.36. The summed E-state index contributed by atoms with van der Waals surface area (Å²) in [5.74, 6) is 0.0379. The van der Waals surface area contributed by atoms with E-state index >= 15 is 0 Å². The highest BCUT2D eigenvalue weighted by Gasteiger charge is 2.33. The van der Waals surface area contributed by atoms with Gasteiger partial charge in [0.25, 0.3) is 10.0 Å². The molecule has 3 rings (SSSR count). The topological polar surface area (TPSA) is 128 Å². The third-order valence-electron chi connectivity index (χ3n) is 6.12. The van der Waals surface area contributed by atoms with Crippen LogP contribution in [0.5, 0.6) is 0 Å². The SMILES string of the molecule is COCCOCN(c1onc(C)c1C)S(=O)(=O)c1ccccc1-c1ccc(C=O)cc1CN(C)C(=O)OC(C)(C)C. The van der Waals surface area contributed by atoms with Crippen LogP contribution in [-0.4, -0.2) is 70.6 Å². The van der Waals surface area contributed by atoms with Crippen LogP contribution >= 0.6 is 0 Å². The van der Waals surface area contributed by atoms with Crippen molar-refractivity contribution in [2.45, 2.75) is 51.7 Å². The standard InChI is InChI=1S/C29H37N3O8S/c1-20-21(2)30-40-27(20)32(19-38-15-14-37-7)41(35,36)26-11-9-8-10-25(26)24-13-12-22(18-33)16-23(24)17-31(6)28(34)39-29(3,4)5/h8-13,16,18H,14-15,17,19H2,1-7H3. The molecule has 1 aromatic heterocycles. The van der Waals surface area contributed by atoms with Crippen LogP contribution in [0.3, 0.4) is 0 Å². The van der Waals surface area contributed by atoms with E-state index in [1.165, 1.54) is 18.1 Å². The quantitative estimate of drug-likeness (QED) is 0.164. The van der Waals surface area contributed by atoms with Gasteiger partial charge in [-0.25, -0.2) is 17.5 Å². The van der Waals surface area contributed by atoms with Gasteiger partial charge >= 0.3 is 6.09 Å². The molecule has 0 aliphatic carbocycles. The number of anilines is 1. The second-order valence-corrected chi connectivity index (χ2v) is 12.3. The van der Waals surface area contributed by atoms with Gasteiger partial charge < -0.3 is 23.6 Å². The van der Waals surface area contributed by atoms with Crippen LogP contribution in [-0.2, 0) is 30.8 Å². The van der Waals surface area contributed by atoms with Gasteiger partial charge in [-0.3, -0.25) is 4.79 Å². The van der Waals surface area contributed by atoms with E-state index in [4.69, 9.17) is 18.7 Å². The minimum atomic E-state index is -4.27. The van der Waals surface area contributed by atoms with Crippen molar-refractivity contribution in [3.05, 3.63) is 64.8 Å². The van der Waals surface area contributed by atoms with E-state index in [0.717, 1.165) is 4.31 Å². The zero-order valence-electron chi connectivity index (χ0n) is 24.5. The molecular formula is C29H37N3O8S. The number of amides is 1. The Balaban J connectivity index is 2.12. The molecule has 1 heterocycles. The number of nitrogens with zero attached hydrogens (tertiary/aromatic N) is 3. The molecule has 222 valence electrons. The number of methoxy groups -OCH3 is 1. The fraction of sp³-hybridized carbons (Fsp3) is 0.414. The van der Waals surface area contributed by atoms with Crippen LogP contribution in [0.1, 0.15) is 48.0 Å². The Bertz CT molecular complexity index is 1480. The van der Waals surface area contributed by atoms with Crippen molar-refractivity contribution in [3.8, 4) is 11.1 Å². The number of aryl methyl sites for hydroxylation is 1. The first-order valence-corrected chi connectivity index (χ1v) is 14.4. The van der Waals surface area contributed by atoms with E-state index in [0.29, 0.717) is 39.8 Å². The summed E-state index contributed by atoms with van der Waals surface area (Å²) in [5.41, 5.74) is 2.22. The molecule has 0 radical (unpaired) electrons. The summed E-state index contributed by atoms with van der Waals surface area (Å²) < 4.78 is 51.1. The van der Waals surface area contributed by atoms with Gasteiger partial charge in [0.2, 0.25) is 5.88 Å². The number of aldehydes is 1. The Kier molecular flexibility index (Phi) is 10.3. The van der Waals surface area contributed by atoms with Gasteiger partial charge in [-0.1, -0.05) is 35.5 Å². The minimum absolute atomic E-state index is 0.0242. The molecule has 0 aliphatic heterocycles. The van der Waals surface area contributed by atoms with Crippen LogP contribution < -0.4 is 4.31 Å². The monoisotopic (exact) mass is 587 g/mol. The van der Waals surface area contributed by atoms with Gasteiger partial charge in [-0.15, -0.1) is 0 Å². The Morgan fingerprint density at radius 2 is 1.78 bits per heavy atom. The zero-order valence-corrected chi connectivity index (χ0v) is 25.3. The average molecular weight is 588 g/mol. The maximum Gasteiger partial charge on any atom is 0.410 e. The van der Waals surface area contributed by atoms with Gasteiger partial charge in [0, 0.05) is 37.4 Å². The molecule has 41 heavy (non-hydrogen) atoms. The van der Waals surface area contributed by atoms with Crippen molar-refractivity contribution in [1.29, 1.82) is 0 Å². The lowest BCUT2D eigenvalue weighted by molar-refractivity contribution is 0.0285. The summed E-state index contributed by atoms with van der Waals surface area (Å²) in [6, 6.07) is 11.4. The van der Waals surface area contributed by atoms with E-state index in [2.05, 4.69) is 5.16 Å². The maximum absolute atomic E-state index is 14.3. The first-order valence-electron chi connectivity index (χ1n) is 12.9. The molecule has 0 spiro atoms.